The van der Waals surface area contributed by atoms with Gasteiger partial charge in [0.05, 0.1) is 19.2 Å². The Kier molecular flexibility index (Phi) is 7.63. The summed E-state index contributed by atoms with van der Waals surface area (Å²) in [4.78, 5) is 31.2. The van der Waals surface area contributed by atoms with Crippen LogP contribution in [0.4, 0.5) is 0 Å². The summed E-state index contributed by atoms with van der Waals surface area (Å²) in [7, 11) is 0. The molecule has 0 aromatic carbocycles. The van der Waals surface area contributed by atoms with Crippen molar-refractivity contribution < 1.29 is 9.59 Å². The van der Waals surface area contributed by atoms with Gasteiger partial charge in [0, 0.05) is 38.8 Å². The molecule has 27 heavy (non-hydrogen) atoms. The SMILES string of the molecule is CC1CCCCN1C(=O)CN1CCN(CC(=O)NC(C)(C#N)C(C)C)CC1. The molecule has 0 bridgehead atoms. The molecule has 2 fully saturated rings. The zero-order chi connectivity index (χ0) is 20.0. The van der Waals surface area contributed by atoms with Gasteiger partial charge in [0.2, 0.25) is 11.8 Å². The molecule has 0 radical (unpaired) electrons. The molecule has 1 N–H and O–H groups in total. The van der Waals surface area contributed by atoms with E-state index in [1.54, 1.807) is 6.92 Å². The van der Waals surface area contributed by atoms with Crippen LogP contribution in [0, 0.1) is 17.2 Å². The van der Waals surface area contributed by atoms with Crippen LogP contribution in [0.1, 0.15) is 47.0 Å². The van der Waals surface area contributed by atoms with Gasteiger partial charge in [-0.3, -0.25) is 19.4 Å². The van der Waals surface area contributed by atoms with E-state index < -0.39 is 5.54 Å². The Labute approximate surface area is 163 Å². The highest BCUT2D eigenvalue weighted by atomic mass is 16.2. The number of carbonyl (C=O) groups is 2. The molecule has 0 aromatic heterocycles. The first-order chi connectivity index (χ1) is 12.7. The highest BCUT2D eigenvalue weighted by Gasteiger charge is 2.31. The first-order valence-corrected chi connectivity index (χ1v) is 10.2. The van der Waals surface area contributed by atoms with Gasteiger partial charge in [-0.25, -0.2) is 0 Å². The van der Waals surface area contributed by atoms with Crippen LogP contribution in [0.2, 0.25) is 0 Å². The fourth-order valence-electron chi connectivity index (χ4n) is 3.69. The van der Waals surface area contributed by atoms with Crippen molar-refractivity contribution in [3.8, 4) is 6.07 Å². The molecule has 2 heterocycles. The molecule has 0 saturated carbocycles. The summed E-state index contributed by atoms with van der Waals surface area (Å²) in [5.41, 5.74) is -0.837. The Hall–Kier alpha value is -1.65. The van der Waals surface area contributed by atoms with E-state index >= 15 is 0 Å². The third kappa shape index (κ3) is 5.91. The molecule has 0 aromatic rings. The summed E-state index contributed by atoms with van der Waals surface area (Å²) in [5.74, 6) is 0.168. The molecular weight excluding hydrogens is 342 g/mol. The number of nitriles is 1. The number of nitrogens with one attached hydrogen (secondary N) is 1. The van der Waals surface area contributed by atoms with Crippen molar-refractivity contribution in [1.82, 2.24) is 20.0 Å². The molecular formula is C20H35N5O2. The van der Waals surface area contributed by atoms with Crippen molar-refractivity contribution in [2.45, 2.75) is 58.5 Å². The van der Waals surface area contributed by atoms with Gasteiger partial charge in [0.15, 0.2) is 0 Å². The molecule has 2 aliphatic heterocycles. The first kappa shape index (κ1) is 21.6. The van der Waals surface area contributed by atoms with Crippen molar-refractivity contribution in [1.29, 1.82) is 5.26 Å². The lowest BCUT2D eigenvalue weighted by Crippen LogP contribution is -2.55. The summed E-state index contributed by atoms with van der Waals surface area (Å²) < 4.78 is 0. The second kappa shape index (κ2) is 9.52. The smallest absolute Gasteiger partial charge is 0.236 e. The number of likely N-dealkylation sites (tertiary alicyclic amines) is 1. The largest absolute Gasteiger partial charge is 0.339 e. The van der Waals surface area contributed by atoms with Crippen LogP contribution in [-0.2, 0) is 9.59 Å². The summed E-state index contributed by atoms with van der Waals surface area (Å²) in [6.07, 6.45) is 3.43. The third-order valence-electron chi connectivity index (χ3n) is 6.10. The summed E-state index contributed by atoms with van der Waals surface area (Å²) in [6.45, 7) is 12.5. The normalized spacial score (nSPS) is 24.3. The van der Waals surface area contributed by atoms with E-state index in [1.807, 2.05) is 18.7 Å². The Balaban J connectivity index is 1.74. The molecule has 0 aliphatic carbocycles. The zero-order valence-electron chi connectivity index (χ0n) is 17.3. The molecule has 0 spiro atoms. The molecule has 2 rings (SSSR count). The molecule has 7 nitrogen and oxygen atoms in total. The second-order valence-electron chi connectivity index (χ2n) is 8.50. The average molecular weight is 378 g/mol. The number of hydrogen-bond donors (Lipinski definition) is 1. The highest BCUT2D eigenvalue weighted by molar-refractivity contribution is 5.79. The van der Waals surface area contributed by atoms with Gasteiger partial charge >= 0.3 is 0 Å². The number of piperazine rings is 1. The Morgan fingerprint density at radius 2 is 1.70 bits per heavy atom. The van der Waals surface area contributed by atoms with Crippen LogP contribution in [-0.4, -0.2) is 83.9 Å². The second-order valence-corrected chi connectivity index (χ2v) is 8.50. The van der Waals surface area contributed by atoms with Gasteiger partial charge < -0.3 is 10.2 Å². The maximum atomic E-state index is 12.6. The lowest BCUT2D eigenvalue weighted by molar-refractivity contribution is -0.136. The maximum absolute atomic E-state index is 12.6. The van der Waals surface area contributed by atoms with Gasteiger partial charge in [-0.1, -0.05) is 13.8 Å². The molecule has 2 atom stereocenters. The van der Waals surface area contributed by atoms with Gasteiger partial charge in [0.1, 0.15) is 5.54 Å². The Morgan fingerprint density at radius 3 is 2.22 bits per heavy atom. The summed E-state index contributed by atoms with van der Waals surface area (Å²) in [5, 5.41) is 12.2. The standard InChI is InChI=1S/C20H35N5O2/c1-16(2)20(4,15-21)22-18(26)13-23-9-11-24(12-10-23)14-19(27)25-8-6-5-7-17(25)3/h16-17H,5-14H2,1-4H3,(H,22,26). The highest BCUT2D eigenvalue weighted by Crippen LogP contribution is 2.17. The zero-order valence-corrected chi connectivity index (χ0v) is 17.3. The van der Waals surface area contributed by atoms with E-state index in [4.69, 9.17) is 0 Å². The van der Waals surface area contributed by atoms with Crippen molar-refractivity contribution in [3.05, 3.63) is 0 Å². The summed E-state index contributed by atoms with van der Waals surface area (Å²) >= 11 is 0. The van der Waals surface area contributed by atoms with E-state index in [1.165, 1.54) is 6.42 Å². The topological polar surface area (TPSA) is 79.7 Å². The van der Waals surface area contributed by atoms with E-state index in [0.29, 0.717) is 19.1 Å². The minimum Gasteiger partial charge on any atom is -0.339 e. The molecule has 7 heteroatoms. The quantitative estimate of drug-likeness (QED) is 0.749. The van der Waals surface area contributed by atoms with Gasteiger partial charge in [-0.2, -0.15) is 5.26 Å². The van der Waals surface area contributed by atoms with Crippen LogP contribution in [0.5, 0.6) is 0 Å². The monoisotopic (exact) mass is 377 g/mol. The number of hydrogen-bond acceptors (Lipinski definition) is 5. The van der Waals surface area contributed by atoms with Crippen LogP contribution < -0.4 is 5.32 Å². The minimum atomic E-state index is -0.837. The number of carbonyl (C=O) groups excluding carboxylic acids is 2. The number of nitrogens with zero attached hydrogens (tertiary/aromatic N) is 4. The van der Waals surface area contributed by atoms with E-state index in [-0.39, 0.29) is 17.7 Å². The van der Waals surface area contributed by atoms with Gasteiger partial charge in [-0.15, -0.1) is 0 Å². The predicted molar refractivity (Wildman–Crippen MR) is 105 cm³/mol. The van der Waals surface area contributed by atoms with Crippen molar-refractivity contribution in [3.63, 3.8) is 0 Å². The van der Waals surface area contributed by atoms with Crippen molar-refractivity contribution in [2.24, 2.45) is 5.92 Å². The van der Waals surface area contributed by atoms with Crippen LogP contribution in [0.3, 0.4) is 0 Å². The van der Waals surface area contributed by atoms with E-state index in [2.05, 4.69) is 28.1 Å². The van der Waals surface area contributed by atoms with Gasteiger partial charge in [-0.05, 0) is 39.0 Å². The first-order valence-electron chi connectivity index (χ1n) is 10.2. The predicted octanol–water partition coefficient (Wildman–Crippen LogP) is 1.06. The van der Waals surface area contributed by atoms with Crippen molar-refractivity contribution >= 4 is 11.8 Å². The fourth-order valence-corrected chi connectivity index (χ4v) is 3.69. The van der Waals surface area contributed by atoms with Crippen LogP contribution in [0.25, 0.3) is 0 Å². The minimum absolute atomic E-state index is 0.0477. The number of piperidine rings is 1. The fraction of sp³-hybridized carbons (Fsp3) is 0.850. The summed E-state index contributed by atoms with van der Waals surface area (Å²) in [6, 6.07) is 2.56. The average Bonchev–Trinajstić information content (AvgIpc) is 2.63. The third-order valence-corrected chi connectivity index (χ3v) is 6.10. The van der Waals surface area contributed by atoms with Crippen LogP contribution in [0.15, 0.2) is 0 Å². The molecule has 2 amide bonds. The molecule has 2 saturated heterocycles. The Morgan fingerprint density at radius 1 is 1.11 bits per heavy atom. The number of rotatable bonds is 6. The van der Waals surface area contributed by atoms with E-state index in [0.717, 1.165) is 45.6 Å². The van der Waals surface area contributed by atoms with E-state index in [9.17, 15) is 14.9 Å². The van der Waals surface area contributed by atoms with Gasteiger partial charge in [0.25, 0.3) is 0 Å². The lowest BCUT2D eigenvalue weighted by atomic mass is 9.90. The Bertz CT molecular complexity index is 565. The van der Waals surface area contributed by atoms with Crippen molar-refractivity contribution in [2.75, 3.05) is 45.8 Å². The van der Waals surface area contributed by atoms with Crippen LogP contribution >= 0.6 is 0 Å². The lowest BCUT2D eigenvalue weighted by Gasteiger charge is -2.38. The molecule has 2 unspecified atom stereocenters. The maximum Gasteiger partial charge on any atom is 0.236 e. The molecule has 2 aliphatic rings. The number of amides is 2. The molecule has 152 valence electrons.